The zero-order valence-corrected chi connectivity index (χ0v) is 12.8. The maximum Gasteiger partial charge on any atom is 0.152 e. The zero-order chi connectivity index (χ0) is 12.8. The summed E-state index contributed by atoms with van der Waals surface area (Å²) < 4.78 is 0. The van der Waals surface area contributed by atoms with Gasteiger partial charge < -0.3 is 0 Å². The molecule has 0 radical (unpaired) electrons. The van der Waals surface area contributed by atoms with Crippen LogP contribution in [0.1, 0.15) is 41.9 Å². The predicted octanol–water partition coefficient (Wildman–Crippen LogP) is 4.49. The summed E-state index contributed by atoms with van der Waals surface area (Å²) in [6.45, 7) is 13.0. The highest BCUT2D eigenvalue weighted by molar-refractivity contribution is 7.21. The third kappa shape index (κ3) is 2.43. The van der Waals surface area contributed by atoms with E-state index >= 15 is 0 Å². The van der Waals surface area contributed by atoms with Crippen molar-refractivity contribution in [3.05, 3.63) is 21.1 Å². The molecule has 4 heteroatoms. The SMILES string of the molecule is Cc1nc(-c2nc(C)c(C(C)(C)C)s2)sc1C. The lowest BCUT2D eigenvalue weighted by Gasteiger charge is -2.16. The van der Waals surface area contributed by atoms with Crippen LogP contribution in [0.4, 0.5) is 0 Å². The highest BCUT2D eigenvalue weighted by Gasteiger charge is 2.22. The van der Waals surface area contributed by atoms with Crippen molar-refractivity contribution in [2.75, 3.05) is 0 Å². The van der Waals surface area contributed by atoms with Crippen LogP contribution >= 0.6 is 22.7 Å². The predicted molar refractivity (Wildman–Crippen MR) is 76.1 cm³/mol. The van der Waals surface area contributed by atoms with Gasteiger partial charge in [-0.05, 0) is 26.2 Å². The highest BCUT2D eigenvalue weighted by atomic mass is 32.1. The van der Waals surface area contributed by atoms with Crippen LogP contribution in [-0.2, 0) is 5.41 Å². The van der Waals surface area contributed by atoms with Gasteiger partial charge in [-0.3, -0.25) is 0 Å². The molecule has 2 heterocycles. The molecule has 2 aromatic rings. The number of thiazole rings is 2. The van der Waals surface area contributed by atoms with E-state index < -0.39 is 0 Å². The Morgan fingerprint density at radius 1 is 0.824 bits per heavy atom. The minimum atomic E-state index is 0.168. The normalized spacial score (nSPS) is 12.1. The van der Waals surface area contributed by atoms with E-state index in [1.807, 2.05) is 0 Å². The van der Waals surface area contributed by atoms with E-state index in [2.05, 4.69) is 51.5 Å². The molecule has 0 atom stereocenters. The molecule has 0 N–H and O–H groups in total. The molecule has 0 spiro atoms. The van der Waals surface area contributed by atoms with Crippen LogP contribution in [0.25, 0.3) is 10.0 Å². The quantitative estimate of drug-likeness (QED) is 0.760. The molecule has 0 bridgehead atoms. The molecule has 0 aliphatic rings. The van der Waals surface area contributed by atoms with Crippen molar-refractivity contribution in [2.45, 2.75) is 47.0 Å². The molecule has 2 rings (SSSR count). The van der Waals surface area contributed by atoms with Gasteiger partial charge in [-0.25, -0.2) is 9.97 Å². The van der Waals surface area contributed by atoms with Crippen molar-refractivity contribution in [3.63, 3.8) is 0 Å². The van der Waals surface area contributed by atoms with E-state index in [4.69, 9.17) is 0 Å². The summed E-state index contributed by atoms with van der Waals surface area (Å²) in [5.41, 5.74) is 2.43. The smallest absolute Gasteiger partial charge is 0.152 e. The summed E-state index contributed by atoms with van der Waals surface area (Å²) in [5.74, 6) is 0. The Bertz CT molecular complexity index is 525. The minimum absolute atomic E-state index is 0.168. The van der Waals surface area contributed by atoms with Gasteiger partial charge in [-0.1, -0.05) is 20.8 Å². The van der Waals surface area contributed by atoms with Crippen LogP contribution in [0.3, 0.4) is 0 Å². The Hall–Kier alpha value is -0.740. The summed E-state index contributed by atoms with van der Waals surface area (Å²) in [5, 5.41) is 2.12. The summed E-state index contributed by atoms with van der Waals surface area (Å²) >= 11 is 3.52. The second-order valence-electron chi connectivity index (χ2n) is 5.34. The molecule has 17 heavy (non-hydrogen) atoms. The van der Waals surface area contributed by atoms with E-state index in [9.17, 15) is 0 Å². The monoisotopic (exact) mass is 266 g/mol. The maximum absolute atomic E-state index is 4.67. The molecule has 0 fully saturated rings. The number of hydrogen-bond donors (Lipinski definition) is 0. The molecule has 0 unspecified atom stereocenters. The second kappa shape index (κ2) is 4.18. The lowest BCUT2D eigenvalue weighted by atomic mass is 9.94. The van der Waals surface area contributed by atoms with Gasteiger partial charge >= 0.3 is 0 Å². The summed E-state index contributed by atoms with van der Waals surface area (Å²) in [4.78, 5) is 11.9. The topological polar surface area (TPSA) is 25.8 Å². The fourth-order valence-corrected chi connectivity index (χ4v) is 3.81. The molecule has 0 aliphatic heterocycles. The average molecular weight is 266 g/mol. The largest absolute Gasteiger partial charge is 0.239 e. The summed E-state index contributed by atoms with van der Waals surface area (Å²) in [6.07, 6.45) is 0. The van der Waals surface area contributed by atoms with E-state index in [0.717, 1.165) is 21.4 Å². The maximum atomic E-state index is 4.67. The zero-order valence-electron chi connectivity index (χ0n) is 11.2. The number of nitrogens with zero attached hydrogens (tertiary/aromatic N) is 2. The van der Waals surface area contributed by atoms with Gasteiger partial charge in [0.1, 0.15) is 0 Å². The van der Waals surface area contributed by atoms with Crippen LogP contribution in [0.15, 0.2) is 0 Å². The third-order valence-corrected chi connectivity index (χ3v) is 5.49. The van der Waals surface area contributed by atoms with Crippen LogP contribution in [-0.4, -0.2) is 9.97 Å². The Labute approximate surface area is 111 Å². The fraction of sp³-hybridized carbons (Fsp3) is 0.538. The van der Waals surface area contributed by atoms with E-state index in [1.54, 1.807) is 22.7 Å². The highest BCUT2D eigenvalue weighted by Crippen LogP contribution is 2.37. The Morgan fingerprint density at radius 3 is 1.76 bits per heavy atom. The van der Waals surface area contributed by atoms with Crippen molar-refractivity contribution in [2.24, 2.45) is 0 Å². The van der Waals surface area contributed by atoms with Gasteiger partial charge in [0.05, 0.1) is 11.4 Å². The molecule has 2 nitrogen and oxygen atoms in total. The standard InChI is InChI=1S/C13H18N2S2/c1-7-9(3)16-11(14-7)12-15-8(2)10(17-12)13(4,5)6/h1-6H3. The van der Waals surface area contributed by atoms with Gasteiger partial charge in [0, 0.05) is 9.75 Å². The van der Waals surface area contributed by atoms with Crippen LogP contribution in [0.2, 0.25) is 0 Å². The van der Waals surface area contributed by atoms with Gasteiger partial charge in [-0.2, -0.15) is 0 Å². The molecule has 0 saturated carbocycles. The van der Waals surface area contributed by atoms with Crippen molar-refractivity contribution < 1.29 is 0 Å². The lowest BCUT2D eigenvalue weighted by molar-refractivity contribution is 0.598. The van der Waals surface area contributed by atoms with E-state index in [-0.39, 0.29) is 5.41 Å². The minimum Gasteiger partial charge on any atom is -0.239 e. The van der Waals surface area contributed by atoms with Gasteiger partial charge in [0.2, 0.25) is 0 Å². The molecular formula is C13H18N2S2. The second-order valence-corrected chi connectivity index (χ2v) is 7.55. The van der Waals surface area contributed by atoms with Crippen LogP contribution < -0.4 is 0 Å². The Balaban J connectivity index is 2.48. The lowest BCUT2D eigenvalue weighted by Crippen LogP contribution is -2.10. The van der Waals surface area contributed by atoms with Crippen molar-refractivity contribution >= 4 is 22.7 Å². The summed E-state index contributed by atoms with van der Waals surface area (Å²) in [7, 11) is 0. The van der Waals surface area contributed by atoms with Crippen LogP contribution in [0.5, 0.6) is 0 Å². The first-order valence-electron chi connectivity index (χ1n) is 5.71. The van der Waals surface area contributed by atoms with Gasteiger partial charge in [-0.15, -0.1) is 22.7 Å². The molecule has 0 aliphatic carbocycles. The van der Waals surface area contributed by atoms with E-state index in [0.29, 0.717) is 0 Å². The van der Waals surface area contributed by atoms with Crippen molar-refractivity contribution in [3.8, 4) is 10.0 Å². The first kappa shape index (κ1) is 12.7. The molecule has 0 amide bonds. The van der Waals surface area contributed by atoms with E-state index in [1.165, 1.54) is 9.75 Å². The average Bonchev–Trinajstić information content (AvgIpc) is 2.70. The number of aromatic nitrogens is 2. The number of aryl methyl sites for hydroxylation is 3. The third-order valence-electron chi connectivity index (χ3n) is 2.69. The first-order valence-corrected chi connectivity index (χ1v) is 7.34. The number of rotatable bonds is 1. The Kier molecular flexibility index (Phi) is 3.12. The molecule has 92 valence electrons. The van der Waals surface area contributed by atoms with Crippen molar-refractivity contribution in [1.29, 1.82) is 0 Å². The molecule has 0 saturated heterocycles. The molecule has 0 aromatic carbocycles. The fourth-order valence-electron chi connectivity index (χ4n) is 1.75. The first-order chi connectivity index (χ1) is 7.79. The Morgan fingerprint density at radius 2 is 1.35 bits per heavy atom. The molecular weight excluding hydrogens is 248 g/mol. The number of hydrogen-bond acceptors (Lipinski definition) is 4. The van der Waals surface area contributed by atoms with Gasteiger partial charge in [0.25, 0.3) is 0 Å². The van der Waals surface area contributed by atoms with Crippen molar-refractivity contribution in [1.82, 2.24) is 9.97 Å². The van der Waals surface area contributed by atoms with Crippen LogP contribution in [0, 0.1) is 20.8 Å². The molecule has 2 aromatic heterocycles. The summed E-state index contributed by atoms with van der Waals surface area (Å²) in [6, 6.07) is 0. The van der Waals surface area contributed by atoms with Gasteiger partial charge in [0.15, 0.2) is 10.0 Å².